The van der Waals surface area contributed by atoms with Gasteiger partial charge in [0.15, 0.2) is 0 Å². The van der Waals surface area contributed by atoms with Gasteiger partial charge in [-0.3, -0.25) is 0 Å². The molecule has 2 aromatic rings. The third-order valence-electron chi connectivity index (χ3n) is 3.23. The van der Waals surface area contributed by atoms with Crippen LogP contribution in [0.2, 0.25) is 5.02 Å². The van der Waals surface area contributed by atoms with Crippen molar-refractivity contribution in [2.24, 2.45) is 0 Å². The Bertz CT molecular complexity index is 580. The van der Waals surface area contributed by atoms with Gasteiger partial charge in [-0.25, -0.2) is 0 Å². The summed E-state index contributed by atoms with van der Waals surface area (Å²) in [6.45, 7) is 2.11. The summed E-state index contributed by atoms with van der Waals surface area (Å²) in [5, 5.41) is 4.10. The molecule has 0 fully saturated rings. The lowest BCUT2D eigenvalue weighted by Gasteiger charge is -2.17. The number of benzene rings is 1. The maximum Gasteiger partial charge on any atom is 0.122 e. The first-order chi connectivity index (χ1) is 9.55. The van der Waals surface area contributed by atoms with Crippen molar-refractivity contribution in [3.8, 4) is 5.75 Å². The van der Waals surface area contributed by atoms with E-state index in [4.69, 9.17) is 16.3 Å². The SMILES string of the molecule is CNC(Cc1cc(Cl)ccc1OC)c1cc(C)c(Br)s1. The second-order valence-electron chi connectivity index (χ2n) is 4.61. The van der Waals surface area contributed by atoms with Gasteiger partial charge in [0.25, 0.3) is 0 Å². The van der Waals surface area contributed by atoms with Gasteiger partial charge in [-0.15, -0.1) is 11.3 Å². The van der Waals surface area contributed by atoms with Crippen LogP contribution in [0.3, 0.4) is 0 Å². The van der Waals surface area contributed by atoms with E-state index in [0.717, 1.165) is 22.8 Å². The van der Waals surface area contributed by atoms with Crippen molar-refractivity contribution in [2.45, 2.75) is 19.4 Å². The predicted octanol–water partition coefficient (Wildman–Crippen LogP) is 4.98. The van der Waals surface area contributed by atoms with Gasteiger partial charge in [-0.05, 0) is 71.7 Å². The number of nitrogens with one attached hydrogen (secondary N) is 1. The molecule has 20 heavy (non-hydrogen) atoms. The van der Waals surface area contributed by atoms with Gasteiger partial charge in [-0.1, -0.05) is 11.6 Å². The van der Waals surface area contributed by atoms with Crippen LogP contribution in [-0.4, -0.2) is 14.2 Å². The topological polar surface area (TPSA) is 21.3 Å². The van der Waals surface area contributed by atoms with Crippen molar-refractivity contribution in [2.75, 3.05) is 14.2 Å². The van der Waals surface area contributed by atoms with Crippen LogP contribution in [0.15, 0.2) is 28.1 Å². The quantitative estimate of drug-likeness (QED) is 0.796. The fraction of sp³-hybridized carbons (Fsp3) is 0.333. The van der Waals surface area contributed by atoms with Crippen molar-refractivity contribution >= 4 is 38.9 Å². The molecular formula is C15H17BrClNOS. The number of hydrogen-bond acceptors (Lipinski definition) is 3. The number of likely N-dealkylation sites (N-methyl/N-ethyl adjacent to an activating group) is 1. The van der Waals surface area contributed by atoms with E-state index in [0.29, 0.717) is 0 Å². The molecule has 1 aromatic heterocycles. The third kappa shape index (κ3) is 3.55. The van der Waals surface area contributed by atoms with Gasteiger partial charge < -0.3 is 10.1 Å². The summed E-state index contributed by atoms with van der Waals surface area (Å²) in [6, 6.07) is 8.20. The number of rotatable bonds is 5. The summed E-state index contributed by atoms with van der Waals surface area (Å²) in [4.78, 5) is 1.30. The maximum atomic E-state index is 6.09. The van der Waals surface area contributed by atoms with Crippen molar-refractivity contribution < 1.29 is 4.74 Å². The van der Waals surface area contributed by atoms with E-state index in [2.05, 4.69) is 34.2 Å². The first-order valence-corrected chi connectivity index (χ1v) is 8.29. The van der Waals surface area contributed by atoms with Crippen LogP contribution in [0.4, 0.5) is 0 Å². The Kier molecular flexibility index (Phi) is 5.49. The molecule has 1 aromatic carbocycles. The lowest BCUT2D eigenvalue weighted by Crippen LogP contribution is -2.18. The van der Waals surface area contributed by atoms with Crippen LogP contribution in [0.1, 0.15) is 22.0 Å². The second kappa shape index (κ2) is 6.94. The maximum absolute atomic E-state index is 6.09. The highest BCUT2D eigenvalue weighted by molar-refractivity contribution is 9.11. The van der Waals surface area contributed by atoms with Crippen molar-refractivity contribution in [1.82, 2.24) is 5.32 Å². The molecule has 2 rings (SSSR count). The minimum atomic E-state index is 0.248. The predicted molar refractivity (Wildman–Crippen MR) is 90.3 cm³/mol. The van der Waals surface area contributed by atoms with Crippen LogP contribution in [0.5, 0.6) is 5.75 Å². The Hall–Kier alpha value is -0.550. The first kappa shape index (κ1) is 15.8. The Labute approximate surface area is 137 Å². The van der Waals surface area contributed by atoms with Gasteiger partial charge >= 0.3 is 0 Å². The monoisotopic (exact) mass is 373 g/mol. The fourth-order valence-corrected chi connectivity index (χ4v) is 4.00. The number of hydrogen-bond donors (Lipinski definition) is 1. The summed E-state index contributed by atoms with van der Waals surface area (Å²) in [5.74, 6) is 0.877. The van der Waals surface area contributed by atoms with E-state index in [9.17, 15) is 0 Å². The zero-order valence-corrected chi connectivity index (χ0v) is 14.8. The molecule has 2 nitrogen and oxygen atoms in total. The summed E-state index contributed by atoms with van der Waals surface area (Å²) >= 11 is 11.4. The van der Waals surface area contributed by atoms with Crippen LogP contribution >= 0.6 is 38.9 Å². The molecule has 0 saturated carbocycles. The van der Waals surface area contributed by atoms with E-state index < -0.39 is 0 Å². The van der Waals surface area contributed by atoms with E-state index in [1.807, 2.05) is 25.2 Å². The molecule has 5 heteroatoms. The molecule has 0 radical (unpaired) electrons. The normalized spacial score (nSPS) is 12.4. The molecule has 0 amide bonds. The summed E-state index contributed by atoms with van der Waals surface area (Å²) in [6.07, 6.45) is 0.840. The highest BCUT2D eigenvalue weighted by Crippen LogP contribution is 2.34. The van der Waals surface area contributed by atoms with E-state index in [-0.39, 0.29) is 6.04 Å². The average Bonchev–Trinajstić information content (AvgIpc) is 2.76. The molecule has 0 aliphatic rings. The van der Waals surface area contributed by atoms with Gasteiger partial charge in [0.05, 0.1) is 10.9 Å². The minimum Gasteiger partial charge on any atom is -0.496 e. The molecule has 0 saturated heterocycles. The number of aryl methyl sites for hydroxylation is 1. The molecular weight excluding hydrogens is 358 g/mol. The van der Waals surface area contributed by atoms with Crippen molar-refractivity contribution in [3.63, 3.8) is 0 Å². The molecule has 0 spiro atoms. The van der Waals surface area contributed by atoms with Gasteiger partial charge in [0, 0.05) is 15.9 Å². The molecule has 1 atom stereocenters. The molecule has 1 unspecified atom stereocenters. The van der Waals surface area contributed by atoms with Gasteiger partial charge in [0.1, 0.15) is 5.75 Å². The third-order valence-corrected chi connectivity index (χ3v) is 5.72. The molecule has 0 aliphatic heterocycles. The number of halogens is 2. The van der Waals surface area contributed by atoms with Crippen LogP contribution < -0.4 is 10.1 Å². The van der Waals surface area contributed by atoms with Crippen LogP contribution in [0, 0.1) is 6.92 Å². The average molecular weight is 375 g/mol. The molecule has 108 valence electrons. The highest BCUT2D eigenvalue weighted by Gasteiger charge is 2.16. The minimum absolute atomic E-state index is 0.248. The second-order valence-corrected chi connectivity index (χ2v) is 7.45. The van der Waals surface area contributed by atoms with Crippen LogP contribution in [-0.2, 0) is 6.42 Å². The van der Waals surface area contributed by atoms with Crippen molar-refractivity contribution in [3.05, 3.63) is 49.1 Å². The zero-order chi connectivity index (χ0) is 14.7. The summed E-state index contributed by atoms with van der Waals surface area (Å²) in [7, 11) is 3.66. The van der Waals surface area contributed by atoms with E-state index >= 15 is 0 Å². The molecule has 1 N–H and O–H groups in total. The highest BCUT2D eigenvalue weighted by atomic mass is 79.9. The number of ether oxygens (including phenoxy) is 1. The first-order valence-electron chi connectivity index (χ1n) is 6.30. The smallest absolute Gasteiger partial charge is 0.122 e. The Morgan fingerprint density at radius 2 is 2.15 bits per heavy atom. The Morgan fingerprint density at radius 1 is 1.40 bits per heavy atom. The Morgan fingerprint density at radius 3 is 2.70 bits per heavy atom. The fourth-order valence-electron chi connectivity index (χ4n) is 2.13. The molecule has 0 bridgehead atoms. The lowest BCUT2D eigenvalue weighted by molar-refractivity contribution is 0.406. The number of methoxy groups -OCH3 is 1. The summed E-state index contributed by atoms with van der Waals surface area (Å²) in [5.41, 5.74) is 2.38. The zero-order valence-electron chi connectivity index (χ0n) is 11.7. The van der Waals surface area contributed by atoms with Crippen molar-refractivity contribution in [1.29, 1.82) is 0 Å². The van der Waals surface area contributed by atoms with Gasteiger partial charge in [-0.2, -0.15) is 0 Å². The van der Waals surface area contributed by atoms with E-state index in [1.165, 1.54) is 14.2 Å². The summed E-state index contributed by atoms with van der Waals surface area (Å²) < 4.78 is 6.60. The molecule has 0 aliphatic carbocycles. The standard InChI is InChI=1S/C15H17BrClNOS/c1-9-6-14(20-15(9)16)12(18-2)8-10-7-11(17)4-5-13(10)19-3/h4-7,12,18H,8H2,1-3H3. The molecule has 1 heterocycles. The van der Waals surface area contributed by atoms with Gasteiger partial charge in [0.2, 0.25) is 0 Å². The van der Waals surface area contributed by atoms with E-state index in [1.54, 1.807) is 18.4 Å². The Balaban J connectivity index is 2.28. The largest absolute Gasteiger partial charge is 0.496 e. The lowest BCUT2D eigenvalue weighted by atomic mass is 10.0. The number of thiophene rings is 1. The van der Waals surface area contributed by atoms with Crippen LogP contribution in [0.25, 0.3) is 0 Å².